The first-order valence-corrected chi connectivity index (χ1v) is 4.25. The number of H-pyrrole nitrogens is 1. The Hall–Kier alpha value is -1.32. The zero-order valence-electron chi connectivity index (χ0n) is 8.13. The van der Waals surface area contributed by atoms with Gasteiger partial charge in [0.15, 0.2) is 0 Å². The first-order chi connectivity index (χ1) is 6.13. The summed E-state index contributed by atoms with van der Waals surface area (Å²) in [7, 11) is 1.35. The average molecular weight is 182 g/mol. The molecule has 0 fully saturated rings. The highest BCUT2D eigenvalue weighted by atomic mass is 16.5. The molecule has 0 atom stereocenters. The molecule has 1 aromatic heterocycles. The zero-order valence-corrected chi connectivity index (χ0v) is 8.13. The summed E-state index contributed by atoms with van der Waals surface area (Å²) in [5, 5.41) is 0. The molecule has 0 aliphatic carbocycles. The fourth-order valence-corrected chi connectivity index (χ4v) is 1.07. The predicted octanol–water partition coefficient (Wildman–Crippen LogP) is 1.39. The number of nitrogens with zero attached hydrogens (tertiary/aromatic N) is 1. The Kier molecular flexibility index (Phi) is 3.06. The molecule has 13 heavy (non-hydrogen) atoms. The van der Waals surface area contributed by atoms with Crippen molar-refractivity contribution in [3.63, 3.8) is 0 Å². The van der Waals surface area contributed by atoms with Gasteiger partial charge in [0.2, 0.25) is 0 Å². The summed E-state index contributed by atoms with van der Waals surface area (Å²) in [6.45, 7) is 4.20. The lowest BCUT2D eigenvalue weighted by Gasteiger charge is -1.99. The smallest absolute Gasteiger partial charge is 0.356 e. The van der Waals surface area contributed by atoms with E-state index in [-0.39, 0.29) is 5.97 Å². The first-order valence-electron chi connectivity index (χ1n) is 4.25. The van der Waals surface area contributed by atoms with Gasteiger partial charge in [0.05, 0.1) is 13.3 Å². The van der Waals surface area contributed by atoms with Crippen LogP contribution in [0.4, 0.5) is 0 Å². The van der Waals surface area contributed by atoms with Crippen molar-refractivity contribution in [1.29, 1.82) is 0 Å². The minimum Gasteiger partial charge on any atom is -0.464 e. The van der Waals surface area contributed by atoms with Crippen LogP contribution in [0, 0.1) is 5.92 Å². The second-order valence-corrected chi connectivity index (χ2v) is 3.33. The van der Waals surface area contributed by atoms with Crippen LogP contribution in [-0.2, 0) is 11.2 Å². The van der Waals surface area contributed by atoms with Crippen molar-refractivity contribution >= 4 is 5.97 Å². The van der Waals surface area contributed by atoms with Gasteiger partial charge in [-0.3, -0.25) is 0 Å². The van der Waals surface area contributed by atoms with Crippen LogP contribution in [-0.4, -0.2) is 23.0 Å². The maximum Gasteiger partial charge on any atom is 0.356 e. The molecule has 0 aliphatic rings. The molecule has 0 radical (unpaired) electrons. The molecule has 0 unspecified atom stereocenters. The van der Waals surface area contributed by atoms with Gasteiger partial charge < -0.3 is 9.72 Å². The number of methoxy groups -OCH3 is 1. The fraction of sp³-hybridized carbons (Fsp3) is 0.556. The van der Waals surface area contributed by atoms with Crippen LogP contribution >= 0.6 is 0 Å². The van der Waals surface area contributed by atoms with Crippen LogP contribution in [0.15, 0.2) is 6.20 Å². The van der Waals surface area contributed by atoms with E-state index in [0.29, 0.717) is 11.6 Å². The van der Waals surface area contributed by atoms with Crippen molar-refractivity contribution in [2.45, 2.75) is 20.3 Å². The van der Waals surface area contributed by atoms with Crippen molar-refractivity contribution in [1.82, 2.24) is 9.97 Å². The first kappa shape index (κ1) is 9.77. The van der Waals surface area contributed by atoms with E-state index in [1.165, 1.54) is 13.3 Å². The van der Waals surface area contributed by atoms with Gasteiger partial charge in [0.25, 0.3) is 0 Å². The Morgan fingerprint density at radius 1 is 1.69 bits per heavy atom. The molecule has 72 valence electrons. The van der Waals surface area contributed by atoms with Crippen molar-refractivity contribution in [2.24, 2.45) is 5.92 Å². The predicted molar refractivity (Wildman–Crippen MR) is 48.5 cm³/mol. The van der Waals surface area contributed by atoms with E-state index in [9.17, 15) is 4.79 Å². The van der Waals surface area contributed by atoms with Crippen LogP contribution in [0.5, 0.6) is 0 Å². The highest BCUT2D eigenvalue weighted by Crippen LogP contribution is 2.05. The van der Waals surface area contributed by atoms with E-state index in [1.807, 2.05) is 0 Å². The minimum absolute atomic E-state index is 0.373. The van der Waals surface area contributed by atoms with E-state index in [0.717, 1.165) is 12.2 Å². The SMILES string of the molecule is COC(=O)c1cnc(CC(C)C)[nH]1. The maximum absolute atomic E-state index is 11.0. The molecule has 0 spiro atoms. The summed E-state index contributed by atoms with van der Waals surface area (Å²) < 4.78 is 4.54. The van der Waals surface area contributed by atoms with E-state index in [1.54, 1.807) is 0 Å². The normalized spacial score (nSPS) is 10.5. The van der Waals surface area contributed by atoms with Gasteiger partial charge in [-0.25, -0.2) is 9.78 Å². The lowest BCUT2D eigenvalue weighted by molar-refractivity contribution is 0.0594. The number of carbonyl (C=O) groups is 1. The standard InChI is InChI=1S/C9H14N2O2/c1-6(2)4-8-10-5-7(11-8)9(12)13-3/h5-6H,4H2,1-3H3,(H,10,11). The maximum atomic E-state index is 11.0. The molecule has 0 aliphatic heterocycles. The third kappa shape index (κ3) is 2.57. The fourth-order valence-electron chi connectivity index (χ4n) is 1.07. The van der Waals surface area contributed by atoms with Crippen molar-refractivity contribution in [3.8, 4) is 0 Å². The summed E-state index contributed by atoms with van der Waals surface area (Å²) in [5.74, 6) is 0.981. The average Bonchev–Trinajstić information content (AvgIpc) is 2.50. The van der Waals surface area contributed by atoms with Crippen molar-refractivity contribution in [3.05, 3.63) is 17.7 Å². The number of esters is 1. The Labute approximate surface area is 77.3 Å². The molecule has 1 aromatic rings. The second kappa shape index (κ2) is 4.07. The molecule has 1 rings (SSSR count). The molecule has 0 saturated heterocycles. The van der Waals surface area contributed by atoms with Gasteiger partial charge in [-0.15, -0.1) is 0 Å². The Morgan fingerprint density at radius 2 is 2.38 bits per heavy atom. The number of carbonyl (C=O) groups excluding carboxylic acids is 1. The van der Waals surface area contributed by atoms with Gasteiger partial charge >= 0.3 is 5.97 Å². The van der Waals surface area contributed by atoms with E-state index < -0.39 is 0 Å². The van der Waals surface area contributed by atoms with Gasteiger partial charge in [-0.1, -0.05) is 13.8 Å². The number of aromatic amines is 1. The summed E-state index contributed by atoms with van der Waals surface area (Å²) in [6.07, 6.45) is 2.35. The Bertz CT molecular complexity index is 292. The second-order valence-electron chi connectivity index (χ2n) is 3.33. The van der Waals surface area contributed by atoms with Crippen LogP contribution in [0.1, 0.15) is 30.2 Å². The van der Waals surface area contributed by atoms with E-state index in [4.69, 9.17) is 0 Å². The molecule has 1 heterocycles. The molecule has 1 N–H and O–H groups in total. The van der Waals surface area contributed by atoms with E-state index >= 15 is 0 Å². The number of nitrogens with one attached hydrogen (secondary N) is 1. The molecule has 0 bridgehead atoms. The summed E-state index contributed by atoms with van der Waals surface area (Å²) in [5.41, 5.74) is 0.415. The monoisotopic (exact) mass is 182 g/mol. The number of rotatable bonds is 3. The summed E-state index contributed by atoms with van der Waals surface area (Å²) in [6, 6.07) is 0. The number of ether oxygens (including phenoxy) is 1. The van der Waals surface area contributed by atoms with Crippen LogP contribution in [0.3, 0.4) is 0 Å². The quantitative estimate of drug-likeness (QED) is 0.719. The lowest BCUT2D eigenvalue weighted by Crippen LogP contribution is -2.02. The third-order valence-corrected chi connectivity index (χ3v) is 1.64. The van der Waals surface area contributed by atoms with Crippen molar-refractivity contribution in [2.75, 3.05) is 7.11 Å². The molecule has 0 aromatic carbocycles. The van der Waals surface area contributed by atoms with Gasteiger partial charge in [0.1, 0.15) is 11.5 Å². The van der Waals surface area contributed by atoms with Gasteiger partial charge in [-0.2, -0.15) is 0 Å². The number of hydrogen-bond donors (Lipinski definition) is 1. The summed E-state index contributed by atoms with van der Waals surface area (Å²) in [4.78, 5) is 18.0. The molecule has 4 heteroatoms. The van der Waals surface area contributed by atoms with Gasteiger partial charge in [-0.05, 0) is 5.92 Å². The molecule has 0 saturated carbocycles. The number of imidazole rings is 1. The van der Waals surface area contributed by atoms with E-state index in [2.05, 4.69) is 28.6 Å². The number of aromatic nitrogens is 2. The lowest BCUT2D eigenvalue weighted by atomic mass is 10.1. The van der Waals surface area contributed by atoms with Crippen molar-refractivity contribution < 1.29 is 9.53 Å². The highest BCUT2D eigenvalue weighted by Gasteiger charge is 2.09. The zero-order chi connectivity index (χ0) is 9.84. The molecular weight excluding hydrogens is 168 g/mol. The largest absolute Gasteiger partial charge is 0.464 e. The Balaban J connectivity index is 2.69. The highest BCUT2D eigenvalue weighted by molar-refractivity contribution is 5.86. The minimum atomic E-state index is -0.373. The summed E-state index contributed by atoms with van der Waals surface area (Å²) >= 11 is 0. The van der Waals surface area contributed by atoms with Crippen LogP contribution in [0.25, 0.3) is 0 Å². The van der Waals surface area contributed by atoms with Gasteiger partial charge in [0, 0.05) is 6.42 Å². The van der Waals surface area contributed by atoms with Crippen LogP contribution in [0.2, 0.25) is 0 Å². The third-order valence-electron chi connectivity index (χ3n) is 1.64. The topological polar surface area (TPSA) is 55.0 Å². The molecular formula is C9H14N2O2. The molecule has 0 amide bonds. The molecule has 4 nitrogen and oxygen atoms in total. The Morgan fingerprint density at radius 3 is 2.92 bits per heavy atom. The number of hydrogen-bond acceptors (Lipinski definition) is 3. The van der Waals surface area contributed by atoms with Crippen LogP contribution < -0.4 is 0 Å².